The Labute approximate surface area is 137 Å². The predicted octanol–water partition coefficient (Wildman–Crippen LogP) is 3.05. The molecule has 23 heavy (non-hydrogen) atoms. The number of para-hydroxylation sites is 1. The van der Waals surface area contributed by atoms with E-state index in [9.17, 15) is 4.79 Å². The van der Waals surface area contributed by atoms with E-state index < -0.39 is 0 Å². The molecule has 4 heteroatoms. The van der Waals surface area contributed by atoms with Gasteiger partial charge in [-0.05, 0) is 18.1 Å². The first-order valence-corrected chi connectivity index (χ1v) is 7.94. The van der Waals surface area contributed by atoms with Crippen LogP contribution in [-0.2, 0) is 11.3 Å². The van der Waals surface area contributed by atoms with Crippen LogP contribution in [0.15, 0.2) is 54.6 Å². The van der Waals surface area contributed by atoms with E-state index in [1.165, 1.54) is 5.56 Å². The van der Waals surface area contributed by atoms with Crippen molar-refractivity contribution in [2.45, 2.75) is 25.9 Å². The molecule has 0 aliphatic heterocycles. The van der Waals surface area contributed by atoms with Crippen LogP contribution < -0.4 is 15.4 Å². The van der Waals surface area contributed by atoms with E-state index in [0.717, 1.165) is 24.3 Å². The van der Waals surface area contributed by atoms with E-state index in [2.05, 4.69) is 29.7 Å². The minimum Gasteiger partial charge on any atom is -0.483 e. The summed E-state index contributed by atoms with van der Waals surface area (Å²) in [5, 5.41) is 6.13. The molecule has 0 aromatic heterocycles. The van der Waals surface area contributed by atoms with Gasteiger partial charge in [0, 0.05) is 25.2 Å². The van der Waals surface area contributed by atoms with Gasteiger partial charge in [0.05, 0.1) is 0 Å². The molecule has 2 aromatic rings. The SMILES string of the molecule is CC[C@@H](NCc1ccccc1)c1ccccc1OCC(=O)NC. The largest absolute Gasteiger partial charge is 0.483 e. The predicted molar refractivity (Wildman–Crippen MR) is 92.3 cm³/mol. The van der Waals surface area contributed by atoms with Gasteiger partial charge in [-0.3, -0.25) is 4.79 Å². The Morgan fingerprint density at radius 3 is 2.48 bits per heavy atom. The van der Waals surface area contributed by atoms with Crippen molar-refractivity contribution in [3.63, 3.8) is 0 Å². The summed E-state index contributed by atoms with van der Waals surface area (Å²) in [6.45, 7) is 2.96. The van der Waals surface area contributed by atoms with Crippen LogP contribution in [0.3, 0.4) is 0 Å². The van der Waals surface area contributed by atoms with Crippen molar-refractivity contribution in [1.29, 1.82) is 0 Å². The van der Waals surface area contributed by atoms with Crippen LogP contribution in [0.25, 0.3) is 0 Å². The molecule has 4 nitrogen and oxygen atoms in total. The van der Waals surface area contributed by atoms with Crippen molar-refractivity contribution in [3.05, 3.63) is 65.7 Å². The van der Waals surface area contributed by atoms with Crippen molar-refractivity contribution >= 4 is 5.91 Å². The smallest absolute Gasteiger partial charge is 0.257 e. The van der Waals surface area contributed by atoms with Gasteiger partial charge in [-0.15, -0.1) is 0 Å². The van der Waals surface area contributed by atoms with Crippen molar-refractivity contribution < 1.29 is 9.53 Å². The molecule has 0 bridgehead atoms. The van der Waals surface area contributed by atoms with Gasteiger partial charge in [-0.2, -0.15) is 0 Å². The van der Waals surface area contributed by atoms with Gasteiger partial charge in [-0.25, -0.2) is 0 Å². The van der Waals surface area contributed by atoms with Crippen molar-refractivity contribution in [1.82, 2.24) is 10.6 Å². The second-order valence-electron chi connectivity index (χ2n) is 5.33. The normalized spacial score (nSPS) is 11.7. The van der Waals surface area contributed by atoms with Crippen LogP contribution in [0.5, 0.6) is 5.75 Å². The molecule has 0 unspecified atom stereocenters. The quantitative estimate of drug-likeness (QED) is 0.787. The number of carbonyl (C=O) groups excluding carboxylic acids is 1. The number of hydrogen-bond acceptors (Lipinski definition) is 3. The molecule has 0 aliphatic carbocycles. The summed E-state index contributed by atoms with van der Waals surface area (Å²) in [7, 11) is 1.61. The monoisotopic (exact) mass is 312 g/mol. The summed E-state index contributed by atoms with van der Waals surface area (Å²) < 4.78 is 5.67. The molecule has 0 heterocycles. The average molecular weight is 312 g/mol. The zero-order valence-corrected chi connectivity index (χ0v) is 13.7. The molecule has 2 N–H and O–H groups in total. The standard InChI is InChI=1S/C19H24N2O2/c1-3-17(21-13-15-9-5-4-6-10-15)16-11-7-8-12-18(16)23-14-19(22)20-2/h4-12,17,21H,3,13-14H2,1-2H3,(H,20,22)/t17-/m1/s1. The highest BCUT2D eigenvalue weighted by Crippen LogP contribution is 2.27. The molecule has 2 rings (SSSR count). The van der Waals surface area contributed by atoms with Gasteiger partial charge in [-0.1, -0.05) is 55.5 Å². The Morgan fingerprint density at radius 2 is 1.78 bits per heavy atom. The third-order valence-electron chi connectivity index (χ3n) is 3.74. The second-order valence-corrected chi connectivity index (χ2v) is 5.33. The topological polar surface area (TPSA) is 50.4 Å². The van der Waals surface area contributed by atoms with Crippen LogP contribution in [0.1, 0.15) is 30.5 Å². The molecule has 1 amide bonds. The zero-order chi connectivity index (χ0) is 16.5. The molecular formula is C19H24N2O2. The molecule has 0 aliphatic rings. The van der Waals surface area contributed by atoms with Gasteiger partial charge in [0.25, 0.3) is 5.91 Å². The lowest BCUT2D eigenvalue weighted by atomic mass is 10.0. The number of benzene rings is 2. The van der Waals surface area contributed by atoms with Crippen molar-refractivity contribution in [2.75, 3.05) is 13.7 Å². The molecule has 0 saturated heterocycles. The van der Waals surface area contributed by atoms with Crippen molar-refractivity contribution in [3.8, 4) is 5.75 Å². The molecule has 1 atom stereocenters. The lowest BCUT2D eigenvalue weighted by molar-refractivity contribution is -0.122. The number of likely N-dealkylation sites (N-methyl/N-ethyl adjacent to an activating group) is 1. The fourth-order valence-corrected chi connectivity index (χ4v) is 2.43. The number of nitrogens with one attached hydrogen (secondary N) is 2. The Bertz CT molecular complexity index is 614. The molecule has 2 aromatic carbocycles. The van der Waals surface area contributed by atoms with Crippen molar-refractivity contribution in [2.24, 2.45) is 0 Å². The molecule has 0 radical (unpaired) electrons. The zero-order valence-electron chi connectivity index (χ0n) is 13.7. The van der Waals surface area contributed by atoms with E-state index >= 15 is 0 Å². The fourth-order valence-electron chi connectivity index (χ4n) is 2.43. The first kappa shape index (κ1) is 17.0. The summed E-state index contributed by atoms with van der Waals surface area (Å²) in [4.78, 5) is 11.4. The van der Waals surface area contributed by atoms with E-state index in [0.29, 0.717) is 0 Å². The van der Waals surface area contributed by atoms with E-state index in [4.69, 9.17) is 4.74 Å². The first-order chi connectivity index (χ1) is 11.2. The molecule has 0 spiro atoms. The molecule has 0 saturated carbocycles. The van der Waals surface area contributed by atoms with E-state index in [1.807, 2.05) is 42.5 Å². The van der Waals surface area contributed by atoms with E-state index in [1.54, 1.807) is 7.05 Å². The lowest BCUT2D eigenvalue weighted by Gasteiger charge is -2.20. The Morgan fingerprint density at radius 1 is 1.09 bits per heavy atom. The maximum atomic E-state index is 11.4. The maximum absolute atomic E-state index is 11.4. The van der Waals surface area contributed by atoms with Gasteiger partial charge in [0.15, 0.2) is 6.61 Å². The Kier molecular flexibility index (Phi) is 6.63. The summed E-state index contributed by atoms with van der Waals surface area (Å²) in [5.41, 5.74) is 2.32. The maximum Gasteiger partial charge on any atom is 0.257 e. The van der Waals surface area contributed by atoms with Crippen LogP contribution >= 0.6 is 0 Å². The summed E-state index contributed by atoms with van der Waals surface area (Å²) in [5.74, 6) is 0.619. The first-order valence-electron chi connectivity index (χ1n) is 7.94. The van der Waals surface area contributed by atoms with Crippen LogP contribution in [0, 0.1) is 0 Å². The number of carbonyl (C=O) groups is 1. The number of rotatable bonds is 8. The minimum absolute atomic E-state index is 0.0304. The minimum atomic E-state index is -0.134. The number of hydrogen-bond donors (Lipinski definition) is 2. The third-order valence-corrected chi connectivity index (χ3v) is 3.74. The number of ether oxygens (including phenoxy) is 1. The second kappa shape index (κ2) is 8.96. The van der Waals surface area contributed by atoms with Gasteiger partial charge in [0.2, 0.25) is 0 Å². The lowest BCUT2D eigenvalue weighted by Crippen LogP contribution is -2.26. The van der Waals surface area contributed by atoms with Gasteiger partial charge >= 0.3 is 0 Å². The third kappa shape index (κ3) is 5.11. The summed E-state index contributed by atoms with van der Waals surface area (Å²) >= 11 is 0. The fraction of sp³-hybridized carbons (Fsp3) is 0.316. The highest BCUT2D eigenvalue weighted by molar-refractivity contribution is 5.77. The highest BCUT2D eigenvalue weighted by atomic mass is 16.5. The Hall–Kier alpha value is -2.33. The van der Waals surface area contributed by atoms with E-state index in [-0.39, 0.29) is 18.6 Å². The van der Waals surface area contributed by atoms with Gasteiger partial charge in [0.1, 0.15) is 5.75 Å². The van der Waals surface area contributed by atoms with Crippen LogP contribution in [0.2, 0.25) is 0 Å². The summed E-state index contributed by atoms with van der Waals surface area (Å²) in [6.07, 6.45) is 0.938. The average Bonchev–Trinajstić information content (AvgIpc) is 2.62. The summed E-state index contributed by atoms with van der Waals surface area (Å²) in [6, 6.07) is 18.4. The molecular weight excluding hydrogens is 288 g/mol. The molecule has 0 fully saturated rings. The molecule has 122 valence electrons. The number of amides is 1. The Balaban J connectivity index is 2.06. The van der Waals surface area contributed by atoms with Gasteiger partial charge < -0.3 is 15.4 Å². The highest BCUT2D eigenvalue weighted by Gasteiger charge is 2.14. The van der Waals surface area contributed by atoms with Crippen LogP contribution in [-0.4, -0.2) is 19.6 Å². The van der Waals surface area contributed by atoms with Crippen LogP contribution in [0.4, 0.5) is 0 Å².